The van der Waals surface area contributed by atoms with E-state index in [0.29, 0.717) is 23.0 Å². The first-order chi connectivity index (χ1) is 17.1. The summed E-state index contributed by atoms with van der Waals surface area (Å²) in [5, 5.41) is 0. The van der Waals surface area contributed by atoms with Crippen molar-refractivity contribution in [2.24, 2.45) is 7.05 Å². The van der Waals surface area contributed by atoms with Gasteiger partial charge in [-0.25, -0.2) is 23.0 Å². The van der Waals surface area contributed by atoms with Crippen LogP contribution in [-0.4, -0.2) is 29.1 Å². The summed E-state index contributed by atoms with van der Waals surface area (Å²) in [5.74, 6) is 0.828. The highest BCUT2D eigenvalue weighted by atomic mass is 32.2. The Morgan fingerprint density at radius 2 is 1.78 bits per heavy atom. The molecule has 0 atom stereocenters. The molecular formula is C26H24F3N4O2S+. The largest absolute Gasteiger partial charge is 0.416 e. The number of hydrogen-bond donors (Lipinski definition) is 1. The van der Waals surface area contributed by atoms with E-state index >= 15 is 0 Å². The fourth-order valence-electron chi connectivity index (χ4n) is 4.15. The Hall–Kier alpha value is -3.53. The van der Waals surface area contributed by atoms with Crippen LogP contribution in [0.3, 0.4) is 0 Å². The molecule has 1 aliphatic carbocycles. The maximum Gasteiger partial charge on any atom is 0.416 e. The number of halogens is 3. The van der Waals surface area contributed by atoms with Gasteiger partial charge in [-0.15, -0.1) is 0 Å². The summed E-state index contributed by atoms with van der Waals surface area (Å²) >= 11 is 0. The molecule has 36 heavy (non-hydrogen) atoms. The van der Waals surface area contributed by atoms with Crippen molar-refractivity contribution in [1.29, 1.82) is 0 Å². The van der Waals surface area contributed by atoms with Crippen LogP contribution in [0.4, 0.5) is 13.2 Å². The van der Waals surface area contributed by atoms with Crippen LogP contribution >= 0.6 is 0 Å². The van der Waals surface area contributed by atoms with Crippen molar-refractivity contribution in [2.75, 3.05) is 5.75 Å². The van der Waals surface area contributed by atoms with Crippen LogP contribution in [0.15, 0.2) is 66.0 Å². The third-order valence-electron chi connectivity index (χ3n) is 6.38. The molecule has 186 valence electrons. The van der Waals surface area contributed by atoms with Crippen molar-refractivity contribution in [1.82, 2.24) is 15.0 Å². The number of aryl methyl sites for hydroxylation is 1. The SMILES string of the molecule is CCS(=O)(=O)c1cc(-c2ccc(C3CC3)cc2)cnc1-c1[nH]c(-c2cc(C(F)(F)F)ccn2)c[n+]1C. The molecule has 4 aromatic rings. The van der Waals surface area contributed by atoms with Crippen LogP contribution in [0.1, 0.15) is 36.8 Å². The molecular weight excluding hydrogens is 489 g/mol. The minimum atomic E-state index is -4.51. The van der Waals surface area contributed by atoms with Gasteiger partial charge in [-0.1, -0.05) is 31.2 Å². The van der Waals surface area contributed by atoms with Gasteiger partial charge in [-0.05, 0) is 48.1 Å². The van der Waals surface area contributed by atoms with Crippen molar-refractivity contribution >= 4 is 9.84 Å². The van der Waals surface area contributed by atoms with E-state index in [1.165, 1.54) is 18.4 Å². The molecule has 0 aliphatic heterocycles. The predicted octanol–water partition coefficient (Wildman–Crippen LogP) is 5.32. The smallest absolute Gasteiger partial charge is 0.252 e. The van der Waals surface area contributed by atoms with E-state index in [4.69, 9.17) is 0 Å². The Balaban J connectivity index is 1.58. The van der Waals surface area contributed by atoms with E-state index < -0.39 is 21.6 Å². The number of nitrogens with one attached hydrogen (secondary N) is 1. The molecule has 0 bridgehead atoms. The standard InChI is InChI=1S/C26H23F3N4O2S/c1-3-36(34,35)23-12-19(18-8-6-17(7-9-18)16-4-5-16)14-31-24(23)25-32-22(15-33(25)2)21-13-20(10-11-30-21)26(27,28)29/h6-16H,3-5H2,1-2H3/p+1. The minimum absolute atomic E-state index is 0.0507. The first-order valence-corrected chi connectivity index (χ1v) is 13.2. The van der Waals surface area contributed by atoms with Gasteiger partial charge in [0.05, 0.1) is 18.4 Å². The van der Waals surface area contributed by atoms with Gasteiger partial charge in [-0.2, -0.15) is 13.2 Å². The average molecular weight is 514 g/mol. The lowest BCUT2D eigenvalue weighted by Gasteiger charge is -2.09. The fraction of sp³-hybridized carbons (Fsp3) is 0.269. The molecule has 0 saturated heterocycles. The lowest BCUT2D eigenvalue weighted by molar-refractivity contribution is -0.658. The summed E-state index contributed by atoms with van der Waals surface area (Å²) in [7, 11) is -2.01. The summed E-state index contributed by atoms with van der Waals surface area (Å²) in [6.07, 6.45) is 2.14. The zero-order valence-electron chi connectivity index (χ0n) is 19.7. The van der Waals surface area contributed by atoms with Crippen LogP contribution in [0, 0.1) is 0 Å². The summed E-state index contributed by atoms with van der Waals surface area (Å²) < 4.78 is 67.3. The summed E-state index contributed by atoms with van der Waals surface area (Å²) in [6, 6.07) is 11.5. The Kier molecular flexibility index (Phi) is 5.94. The zero-order chi connectivity index (χ0) is 25.7. The first kappa shape index (κ1) is 24.2. The average Bonchev–Trinajstić information content (AvgIpc) is 3.65. The van der Waals surface area contributed by atoms with Crippen LogP contribution in [0.2, 0.25) is 0 Å². The number of pyridine rings is 2. The van der Waals surface area contributed by atoms with Gasteiger partial charge in [-0.3, -0.25) is 4.98 Å². The van der Waals surface area contributed by atoms with Gasteiger partial charge in [0.15, 0.2) is 21.2 Å². The molecule has 3 aromatic heterocycles. The molecule has 1 fully saturated rings. The lowest BCUT2D eigenvalue weighted by Crippen LogP contribution is -2.28. The predicted molar refractivity (Wildman–Crippen MR) is 129 cm³/mol. The summed E-state index contributed by atoms with van der Waals surface area (Å²) in [5.41, 5.74) is 2.56. The van der Waals surface area contributed by atoms with Crippen molar-refractivity contribution in [2.45, 2.75) is 36.8 Å². The van der Waals surface area contributed by atoms with E-state index in [0.717, 1.165) is 23.9 Å². The second-order valence-corrected chi connectivity index (χ2v) is 11.2. The van der Waals surface area contributed by atoms with E-state index in [1.54, 1.807) is 37.0 Å². The topological polar surface area (TPSA) is 79.6 Å². The van der Waals surface area contributed by atoms with Crippen LogP contribution in [0.25, 0.3) is 34.0 Å². The molecule has 1 aliphatic rings. The fourth-order valence-corrected chi connectivity index (χ4v) is 5.22. The third-order valence-corrected chi connectivity index (χ3v) is 8.12. The third kappa shape index (κ3) is 4.65. The quantitative estimate of drug-likeness (QED) is 0.354. The monoisotopic (exact) mass is 513 g/mol. The Bertz CT molecular complexity index is 1540. The van der Waals surface area contributed by atoms with Gasteiger partial charge >= 0.3 is 12.0 Å². The number of alkyl halides is 3. The highest BCUT2D eigenvalue weighted by Crippen LogP contribution is 2.40. The minimum Gasteiger partial charge on any atom is -0.252 e. The Morgan fingerprint density at radius 3 is 2.42 bits per heavy atom. The molecule has 1 saturated carbocycles. The zero-order valence-corrected chi connectivity index (χ0v) is 20.5. The molecule has 3 heterocycles. The van der Waals surface area contributed by atoms with E-state index in [2.05, 4.69) is 27.1 Å². The number of hydrogen-bond acceptors (Lipinski definition) is 4. The van der Waals surface area contributed by atoms with E-state index in [-0.39, 0.29) is 22.0 Å². The number of benzene rings is 1. The molecule has 0 radical (unpaired) electrons. The van der Waals surface area contributed by atoms with Crippen molar-refractivity contribution < 1.29 is 26.2 Å². The maximum atomic E-state index is 13.2. The lowest BCUT2D eigenvalue weighted by atomic mass is 10.0. The molecule has 0 spiro atoms. The highest BCUT2D eigenvalue weighted by Gasteiger charge is 2.32. The van der Waals surface area contributed by atoms with E-state index in [1.807, 2.05) is 12.1 Å². The molecule has 10 heteroatoms. The number of aromatic nitrogens is 4. The van der Waals surface area contributed by atoms with Crippen LogP contribution in [-0.2, 0) is 23.1 Å². The number of sulfone groups is 1. The van der Waals surface area contributed by atoms with Crippen molar-refractivity contribution in [3.05, 3.63) is 72.2 Å². The summed E-state index contributed by atoms with van der Waals surface area (Å²) in [4.78, 5) is 11.6. The number of H-pyrrole nitrogens is 1. The van der Waals surface area contributed by atoms with Crippen molar-refractivity contribution in [3.8, 4) is 34.0 Å². The van der Waals surface area contributed by atoms with Crippen LogP contribution < -0.4 is 4.57 Å². The van der Waals surface area contributed by atoms with Gasteiger partial charge in [0, 0.05) is 18.0 Å². The van der Waals surface area contributed by atoms with Gasteiger partial charge in [0.2, 0.25) is 0 Å². The van der Waals surface area contributed by atoms with Gasteiger partial charge in [0.25, 0.3) is 0 Å². The molecule has 1 N–H and O–H groups in total. The normalized spacial score (nSPS) is 14.2. The second kappa shape index (κ2) is 8.85. The molecule has 0 unspecified atom stereocenters. The Morgan fingerprint density at radius 1 is 1.06 bits per heavy atom. The van der Waals surface area contributed by atoms with Crippen molar-refractivity contribution in [3.63, 3.8) is 0 Å². The van der Waals surface area contributed by atoms with Crippen LogP contribution in [0.5, 0.6) is 0 Å². The maximum absolute atomic E-state index is 13.2. The molecule has 1 aromatic carbocycles. The highest BCUT2D eigenvalue weighted by molar-refractivity contribution is 7.91. The van der Waals surface area contributed by atoms with E-state index in [9.17, 15) is 21.6 Å². The molecule has 6 nitrogen and oxygen atoms in total. The molecule has 5 rings (SSSR count). The number of rotatable bonds is 6. The summed E-state index contributed by atoms with van der Waals surface area (Å²) in [6.45, 7) is 1.56. The number of nitrogens with zero attached hydrogens (tertiary/aromatic N) is 3. The number of imidazole rings is 1. The number of aromatic amines is 1. The molecule has 0 amide bonds. The first-order valence-electron chi connectivity index (χ1n) is 11.5. The van der Waals surface area contributed by atoms with Gasteiger partial charge in [0.1, 0.15) is 16.8 Å². The second-order valence-electron chi connectivity index (χ2n) is 8.93. The Labute approximate surface area is 206 Å². The van der Waals surface area contributed by atoms with Gasteiger partial charge < -0.3 is 0 Å².